The fourth-order valence-corrected chi connectivity index (χ4v) is 2.87. The Kier molecular flexibility index (Phi) is 4.54. The summed E-state index contributed by atoms with van der Waals surface area (Å²) in [6, 6.07) is 0. The van der Waals surface area contributed by atoms with Crippen LogP contribution >= 0.6 is 0 Å². The first kappa shape index (κ1) is 13.7. The van der Waals surface area contributed by atoms with Crippen LogP contribution < -0.4 is 0 Å². The van der Waals surface area contributed by atoms with Crippen molar-refractivity contribution < 1.29 is 9.90 Å². The molecule has 0 saturated heterocycles. The summed E-state index contributed by atoms with van der Waals surface area (Å²) in [6.07, 6.45) is 1.60. The number of aliphatic hydroxyl groups is 1. The van der Waals surface area contributed by atoms with Gasteiger partial charge in [0, 0.05) is 11.8 Å². The third kappa shape index (κ3) is 2.65. The Hall–Kier alpha value is -0.370. The maximum atomic E-state index is 12.4. The van der Waals surface area contributed by atoms with Gasteiger partial charge in [0.05, 0.1) is 6.10 Å². The SMILES string of the molecule is CC(C)[C@@H](O)[C@@H]1C(=O)[C@@H](C(C)C)CC[C@H]1C. The molecular formula is C14H26O2. The molecule has 0 spiro atoms. The van der Waals surface area contributed by atoms with Gasteiger partial charge in [-0.2, -0.15) is 0 Å². The number of aliphatic hydroxyl groups excluding tert-OH is 1. The molecule has 0 unspecified atom stereocenters. The first-order valence-electron chi connectivity index (χ1n) is 6.58. The van der Waals surface area contributed by atoms with Gasteiger partial charge >= 0.3 is 0 Å². The van der Waals surface area contributed by atoms with Gasteiger partial charge in [-0.1, -0.05) is 34.6 Å². The van der Waals surface area contributed by atoms with Gasteiger partial charge in [0.2, 0.25) is 0 Å². The quantitative estimate of drug-likeness (QED) is 0.803. The summed E-state index contributed by atoms with van der Waals surface area (Å²) in [6.45, 7) is 10.3. The number of carbonyl (C=O) groups is 1. The summed E-state index contributed by atoms with van der Waals surface area (Å²) < 4.78 is 0. The lowest BCUT2D eigenvalue weighted by Crippen LogP contribution is -2.44. The second-order valence-electron chi connectivity index (χ2n) is 6.07. The molecule has 2 heteroatoms. The predicted octanol–water partition coefficient (Wildman–Crippen LogP) is 2.89. The van der Waals surface area contributed by atoms with Crippen LogP contribution in [0.15, 0.2) is 0 Å². The van der Waals surface area contributed by atoms with E-state index in [1.807, 2.05) is 13.8 Å². The van der Waals surface area contributed by atoms with Gasteiger partial charge in [-0.3, -0.25) is 4.79 Å². The summed E-state index contributed by atoms with van der Waals surface area (Å²) in [7, 11) is 0. The molecule has 0 aromatic rings. The summed E-state index contributed by atoms with van der Waals surface area (Å²) >= 11 is 0. The zero-order valence-corrected chi connectivity index (χ0v) is 11.2. The van der Waals surface area contributed by atoms with Crippen molar-refractivity contribution >= 4 is 5.78 Å². The molecule has 0 aromatic heterocycles. The molecule has 1 fully saturated rings. The highest BCUT2D eigenvalue weighted by atomic mass is 16.3. The molecule has 1 aliphatic rings. The molecule has 2 nitrogen and oxygen atoms in total. The minimum Gasteiger partial charge on any atom is -0.392 e. The number of hydrogen-bond donors (Lipinski definition) is 1. The van der Waals surface area contributed by atoms with Crippen LogP contribution in [-0.2, 0) is 4.79 Å². The highest BCUT2D eigenvalue weighted by molar-refractivity contribution is 5.85. The van der Waals surface area contributed by atoms with Gasteiger partial charge in [-0.05, 0) is 30.6 Å². The van der Waals surface area contributed by atoms with E-state index in [0.717, 1.165) is 12.8 Å². The lowest BCUT2D eigenvalue weighted by molar-refractivity contribution is -0.139. The molecule has 4 atom stereocenters. The average molecular weight is 226 g/mol. The Morgan fingerprint density at radius 1 is 1.19 bits per heavy atom. The van der Waals surface area contributed by atoms with Gasteiger partial charge in [-0.15, -0.1) is 0 Å². The lowest BCUT2D eigenvalue weighted by Gasteiger charge is -2.38. The van der Waals surface area contributed by atoms with E-state index in [1.54, 1.807) is 0 Å². The van der Waals surface area contributed by atoms with Crippen molar-refractivity contribution in [3.63, 3.8) is 0 Å². The van der Waals surface area contributed by atoms with Gasteiger partial charge in [0.25, 0.3) is 0 Å². The topological polar surface area (TPSA) is 37.3 Å². The Labute approximate surface area is 99.4 Å². The second-order valence-corrected chi connectivity index (χ2v) is 6.07. The van der Waals surface area contributed by atoms with Gasteiger partial charge in [-0.25, -0.2) is 0 Å². The number of Topliss-reactive ketones (excluding diaryl/α,β-unsaturated/α-hetero) is 1. The molecule has 0 amide bonds. The zero-order valence-electron chi connectivity index (χ0n) is 11.2. The Morgan fingerprint density at radius 3 is 2.19 bits per heavy atom. The molecule has 0 bridgehead atoms. The molecule has 0 aliphatic heterocycles. The van der Waals surface area contributed by atoms with Crippen LogP contribution in [0.1, 0.15) is 47.5 Å². The fraction of sp³-hybridized carbons (Fsp3) is 0.929. The standard InChI is InChI=1S/C14H26O2/c1-8(2)11-7-6-10(5)12(14(11)16)13(15)9(3)4/h8-13,15H,6-7H2,1-5H3/t10-,11-,12-,13-/m1/s1. The second kappa shape index (κ2) is 5.31. The molecule has 0 heterocycles. The normalized spacial score (nSPS) is 33.5. The predicted molar refractivity (Wildman–Crippen MR) is 66.1 cm³/mol. The molecule has 94 valence electrons. The molecule has 0 aromatic carbocycles. The Morgan fingerprint density at radius 2 is 1.75 bits per heavy atom. The van der Waals surface area contributed by atoms with Gasteiger partial charge in [0.1, 0.15) is 5.78 Å². The molecular weight excluding hydrogens is 200 g/mol. The Balaban J connectivity index is 2.83. The van der Waals surface area contributed by atoms with Crippen molar-refractivity contribution in [1.29, 1.82) is 0 Å². The van der Waals surface area contributed by atoms with Crippen molar-refractivity contribution in [2.75, 3.05) is 0 Å². The van der Waals surface area contributed by atoms with Gasteiger partial charge in [0.15, 0.2) is 0 Å². The summed E-state index contributed by atoms with van der Waals surface area (Å²) in [5.74, 6) is 1.23. The maximum Gasteiger partial charge on any atom is 0.142 e. The monoisotopic (exact) mass is 226 g/mol. The van der Waals surface area contributed by atoms with E-state index in [0.29, 0.717) is 17.6 Å². The summed E-state index contributed by atoms with van der Waals surface area (Å²) in [5.41, 5.74) is 0. The number of carbonyl (C=O) groups excluding carboxylic acids is 1. The van der Waals surface area contributed by atoms with E-state index in [1.165, 1.54) is 0 Å². The van der Waals surface area contributed by atoms with Crippen LogP contribution in [0.3, 0.4) is 0 Å². The van der Waals surface area contributed by atoms with Crippen LogP contribution in [-0.4, -0.2) is 17.0 Å². The van der Waals surface area contributed by atoms with Crippen molar-refractivity contribution in [3.05, 3.63) is 0 Å². The van der Waals surface area contributed by atoms with E-state index < -0.39 is 6.10 Å². The van der Waals surface area contributed by atoms with E-state index in [-0.39, 0.29) is 17.8 Å². The van der Waals surface area contributed by atoms with Gasteiger partial charge < -0.3 is 5.11 Å². The third-order valence-electron chi connectivity index (χ3n) is 4.10. The van der Waals surface area contributed by atoms with Crippen LogP contribution in [0.2, 0.25) is 0 Å². The third-order valence-corrected chi connectivity index (χ3v) is 4.10. The number of ketones is 1. The molecule has 16 heavy (non-hydrogen) atoms. The first-order chi connectivity index (χ1) is 7.36. The zero-order chi connectivity index (χ0) is 12.5. The van der Waals surface area contributed by atoms with Crippen molar-refractivity contribution in [2.45, 2.75) is 53.6 Å². The number of rotatable bonds is 3. The fourth-order valence-electron chi connectivity index (χ4n) is 2.87. The Bertz CT molecular complexity index is 245. The van der Waals surface area contributed by atoms with E-state index in [2.05, 4.69) is 20.8 Å². The first-order valence-corrected chi connectivity index (χ1v) is 6.58. The minimum absolute atomic E-state index is 0.138. The molecule has 0 radical (unpaired) electrons. The van der Waals surface area contributed by atoms with Crippen LogP contribution in [0.25, 0.3) is 0 Å². The van der Waals surface area contributed by atoms with Crippen molar-refractivity contribution in [1.82, 2.24) is 0 Å². The average Bonchev–Trinajstić information content (AvgIpc) is 2.16. The molecule has 1 aliphatic carbocycles. The van der Waals surface area contributed by atoms with E-state index in [9.17, 15) is 9.90 Å². The van der Waals surface area contributed by atoms with Crippen molar-refractivity contribution in [3.8, 4) is 0 Å². The van der Waals surface area contributed by atoms with E-state index in [4.69, 9.17) is 0 Å². The van der Waals surface area contributed by atoms with Crippen LogP contribution in [0, 0.1) is 29.6 Å². The summed E-state index contributed by atoms with van der Waals surface area (Å²) in [5, 5.41) is 10.2. The van der Waals surface area contributed by atoms with Crippen molar-refractivity contribution in [2.24, 2.45) is 29.6 Å². The van der Waals surface area contributed by atoms with Crippen LogP contribution in [0.5, 0.6) is 0 Å². The number of hydrogen-bond acceptors (Lipinski definition) is 2. The van der Waals surface area contributed by atoms with E-state index >= 15 is 0 Å². The maximum absolute atomic E-state index is 12.4. The highest BCUT2D eigenvalue weighted by Gasteiger charge is 2.41. The highest BCUT2D eigenvalue weighted by Crippen LogP contribution is 2.37. The minimum atomic E-state index is -0.468. The largest absolute Gasteiger partial charge is 0.392 e. The molecule has 1 rings (SSSR count). The lowest BCUT2D eigenvalue weighted by atomic mass is 9.67. The summed E-state index contributed by atoms with van der Waals surface area (Å²) in [4.78, 5) is 12.4. The smallest absolute Gasteiger partial charge is 0.142 e. The molecule has 1 N–H and O–H groups in total. The van der Waals surface area contributed by atoms with Crippen LogP contribution in [0.4, 0.5) is 0 Å². The molecule has 1 saturated carbocycles.